The molecule has 1 aromatic rings. The SMILES string of the molecule is COCCN1CCC(CNC(=O)c2c(F)cccc2Cl)CC1. The molecule has 1 aliphatic heterocycles. The van der Waals surface area contributed by atoms with Crippen LogP contribution in [0.5, 0.6) is 0 Å². The van der Waals surface area contributed by atoms with Gasteiger partial charge in [-0.1, -0.05) is 17.7 Å². The van der Waals surface area contributed by atoms with Crippen molar-refractivity contribution in [3.05, 3.63) is 34.6 Å². The summed E-state index contributed by atoms with van der Waals surface area (Å²) in [4.78, 5) is 14.4. The van der Waals surface area contributed by atoms with E-state index in [1.165, 1.54) is 18.2 Å². The molecule has 0 aromatic heterocycles. The smallest absolute Gasteiger partial charge is 0.255 e. The highest BCUT2D eigenvalue weighted by molar-refractivity contribution is 6.33. The summed E-state index contributed by atoms with van der Waals surface area (Å²) in [6, 6.07) is 4.26. The predicted octanol–water partition coefficient (Wildman–Crippen LogP) is 2.57. The molecule has 0 aliphatic carbocycles. The molecule has 1 fully saturated rings. The first-order chi connectivity index (χ1) is 10.6. The lowest BCUT2D eigenvalue weighted by molar-refractivity contribution is 0.0922. The van der Waals surface area contributed by atoms with Gasteiger partial charge in [0.25, 0.3) is 5.91 Å². The second-order valence-electron chi connectivity index (χ2n) is 5.58. The quantitative estimate of drug-likeness (QED) is 0.872. The average molecular weight is 329 g/mol. The minimum atomic E-state index is -0.584. The number of nitrogens with one attached hydrogen (secondary N) is 1. The molecule has 0 saturated carbocycles. The molecule has 0 unspecified atom stereocenters. The highest BCUT2D eigenvalue weighted by Crippen LogP contribution is 2.20. The van der Waals surface area contributed by atoms with Crippen LogP contribution in [0.2, 0.25) is 5.02 Å². The van der Waals surface area contributed by atoms with Crippen LogP contribution in [-0.4, -0.2) is 50.7 Å². The van der Waals surface area contributed by atoms with Gasteiger partial charge in [0.1, 0.15) is 5.82 Å². The van der Waals surface area contributed by atoms with Gasteiger partial charge in [-0.3, -0.25) is 4.79 Å². The van der Waals surface area contributed by atoms with E-state index in [0.29, 0.717) is 12.5 Å². The number of nitrogens with zero attached hydrogens (tertiary/aromatic N) is 1. The molecule has 0 spiro atoms. The Labute approximate surface area is 135 Å². The van der Waals surface area contributed by atoms with Crippen LogP contribution in [0.1, 0.15) is 23.2 Å². The van der Waals surface area contributed by atoms with Crippen LogP contribution in [0.15, 0.2) is 18.2 Å². The Bertz CT molecular complexity index is 485. The Morgan fingerprint density at radius 2 is 2.18 bits per heavy atom. The van der Waals surface area contributed by atoms with Crippen molar-refractivity contribution in [2.75, 3.05) is 39.9 Å². The molecule has 1 N–H and O–H groups in total. The molecule has 1 amide bonds. The number of carbonyl (C=O) groups is 1. The molecule has 6 heteroatoms. The highest BCUT2D eigenvalue weighted by atomic mass is 35.5. The van der Waals surface area contributed by atoms with Crippen LogP contribution in [0.3, 0.4) is 0 Å². The minimum Gasteiger partial charge on any atom is -0.383 e. The monoisotopic (exact) mass is 328 g/mol. The van der Waals surface area contributed by atoms with Crippen molar-refractivity contribution in [1.82, 2.24) is 10.2 Å². The van der Waals surface area contributed by atoms with Crippen molar-refractivity contribution in [2.24, 2.45) is 5.92 Å². The second kappa shape index (κ2) is 8.46. The van der Waals surface area contributed by atoms with E-state index in [4.69, 9.17) is 16.3 Å². The second-order valence-corrected chi connectivity index (χ2v) is 5.99. The zero-order valence-electron chi connectivity index (χ0n) is 12.8. The third-order valence-electron chi connectivity index (χ3n) is 4.06. The summed E-state index contributed by atoms with van der Waals surface area (Å²) in [6.45, 7) is 4.25. The maximum atomic E-state index is 13.7. The van der Waals surface area contributed by atoms with Crippen LogP contribution < -0.4 is 5.32 Å². The van der Waals surface area contributed by atoms with Crippen molar-refractivity contribution in [2.45, 2.75) is 12.8 Å². The maximum absolute atomic E-state index is 13.7. The topological polar surface area (TPSA) is 41.6 Å². The van der Waals surface area contributed by atoms with Crippen molar-refractivity contribution in [3.8, 4) is 0 Å². The van der Waals surface area contributed by atoms with Gasteiger partial charge in [-0.2, -0.15) is 0 Å². The summed E-state index contributed by atoms with van der Waals surface area (Å²) < 4.78 is 18.7. The zero-order chi connectivity index (χ0) is 15.9. The molecular formula is C16H22ClFN2O2. The van der Waals surface area contributed by atoms with E-state index in [1.807, 2.05) is 0 Å². The number of methoxy groups -OCH3 is 1. The third kappa shape index (κ3) is 4.66. The van der Waals surface area contributed by atoms with Crippen LogP contribution in [0.25, 0.3) is 0 Å². The van der Waals surface area contributed by atoms with E-state index < -0.39 is 11.7 Å². The van der Waals surface area contributed by atoms with E-state index in [9.17, 15) is 9.18 Å². The molecule has 1 heterocycles. The Morgan fingerprint density at radius 3 is 2.82 bits per heavy atom. The van der Waals surface area contributed by atoms with Gasteiger partial charge in [0.15, 0.2) is 0 Å². The number of hydrogen-bond acceptors (Lipinski definition) is 3. The molecule has 0 bridgehead atoms. The predicted molar refractivity (Wildman–Crippen MR) is 84.8 cm³/mol. The zero-order valence-corrected chi connectivity index (χ0v) is 13.5. The van der Waals surface area contributed by atoms with Gasteiger partial charge in [-0.25, -0.2) is 4.39 Å². The molecule has 4 nitrogen and oxygen atoms in total. The first-order valence-corrected chi connectivity index (χ1v) is 7.93. The molecule has 0 atom stereocenters. The summed E-state index contributed by atoms with van der Waals surface area (Å²) in [6.07, 6.45) is 2.05. The lowest BCUT2D eigenvalue weighted by Crippen LogP contribution is -2.40. The molecule has 0 radical (unpaired) electrons. The summed E-state index contributed by atoms with van der Waals surface area (Å²) >= 11 is 5.89. The van der Waals surface area contributed by atoms with Crippen LogP contribution >= 0.6 is 11.6 Å². The molecule has 2 rings (SSSR count). The van der Waals surface area contributed by atoms with Gasteiger partial charge in [0.05, 0.1) is 17.2 Å². The number of hydrogen-bond donors (Lipinski definition) is 1. The summed E-state index contributed by atoms with van der Waals surface area (Å²) in [5, 5.41) is 2.95. The molecule has 1 aliphatic rings. The van der Waals surface area contributed by atoms with Gasteiger partial charge in [0, 0.05) is 20.2 Å². The van der Waals surface area contributed by atoms with Crippen LogP contribution in [0, 0.1) is 11.7 Å². The van der Waals surface area contributed by atoms with Crippen LogP contribution in [-0.2, 0) is 4.74 Å². The Kier molecular flexibility index (Phi) is 6.61. The maximum Gasteiger partial charge on any atom is 0.255 e. The fourth-order valence-corrected chi connectivity index (χ4v) is 2.92. The van der Waals surface area contributed by atoms with E-state index in [0.717, 1.165) is 39.1 Å². The Balaban J connectivity index is 1.78. The Hall–Kier alpha value is -1.17. The lowest BCUT2D eigenvalue weighted by Gasteiger charge is -2.31. The van der Waals surface area contributed by atoms with Gasteiger partial charge in [-0.05, 0) is 44.0 Å². The van der Waals surface area contributed by atoms with Crippen molar-refractivity contribution in [3.63, 3.8) is 0 Å². The largest absolute Gasteiger partial charge is 0.383 e. The summed E-state index contributed by atoms with van der Waals surface area (Å²) in [5.74, 6) is -0.599. The Morgan fingerprint density at radius 1 is 1.45 bits per heavy atom. The number of benzene rings is 1. The number of rotatable bonds is 6. The molecule has 1 aromatic carbocycles. The molecule has 22 heavy (non-hydrogen) atoms. The van der Waals surface area contributed by atoms with Crippen molar-refractivity contribution in [1.29, 1.82) is 0 Å². The number of likely N-dealkylation sites (tertiary alicyclic amines) is 1. The van der Waals surface area contributed by atoms with Gasteiger partial charge in [0.2, 0.25) is 0 Å². The number of ether oxygens (including phenoxy) is 1. The number of halogens is 2. The minimum absolute atomic E-state index is 0.0679. The van der Waals surface area contributed by atoms with Crippen molar-refractivity contribution < 1.29 is 13.9 Å². The fourth-order valence-electron chi connectivity index (χ4n) is 2.67. The summed E-state index contributed by atoms with van der Waals surface area (Å²) in [7, 11) is 1.70. The first kappa shape index (κ1) is 17.2. The lowest BCUT2D eigenvalue weighted by atomic mass is 9.96. The van der Waals surface area contributed by atoms with E-state index in [2.05, 4.69) is 10.2 Å². The van der Waals surface area contributed by atoms with Gasteiger partial charge < -0.3 is 15.0 Å². The number of carbonyl (C=O) groups excluding carboxylic acids is 1. The molecule has 122 valence electrons. The average Bonchev–Trinajstić information content (AvgIpc) is 2.51. The van der Waals surface area contributed by atoms with E-state index in [-0.39, 0.29) is 10.6 Å². The van der Waals surface area contributed by atoms with Gasteiger partial charge >= 0.3 is 0 Å². The van der Waals surface area contributed by atoms with E-state index >= 15 is 0 Å². The standard InChI is InChI=1S/C16H22ClFN2O2/c1-22-10-9-20-7-5-12(6-8-20)11-19-16(21)15-13(17)3-2-4-14(15)18/h2-4,12H,5-11H2,1H3,(H,19,21). The summed E-state index contributed by atoms with van der Waals surface area (Å²) in [5.41, 5.74) is -0.0679. The first-order valence-electron chi connectivity index (χ1n) is 7.55. The van der Waals surface area contributed by atoms with E-state index in [1.54, 1.807) is 7.11 Å². The van der Waals surface area contributed by atoms with Crippen LogP contribution in [0.4, 0.5) is 4.39 Å². The number of amides is 1. The van der Waals surface area contributed by atoms with Gasteiger partial charge in [-0.15, -0.1) is 0 Å². The normalized spacial score (nSPS) is 16.7. The molecular weight excluding hydrogens is 307 g/mol. The van der Waals surface area contributed by atoms with Crippen molar-refractivity contribution >= 4 is 17.5 Å². The molecule has 1 saturated heterocycles. The fraction of sp³-hybridized carbons (Fsp3) is 0.562. The highest BCUT2D eigenvalue weighted by Gasteiger charge is 2.21. The third-order valence-corrected chi connectivity index (χ3v) is 4.37. The number of piperidine rings is 1.